The quantitative estimate of drug-likeness (QED) is 0.134. The number of rotatable bonds is 7. The number of carbonyl (C=O) groups excluding carboxylic acids is 2. The minimum atomic E-state index is -1.91. The molecule has 0 aliphatic carbocycles. The van der Waals surface area contributed by atoms with Crippen LogP contribution in [0.15, 0.2) is 59.4 Å². The molecule has 4 aliphatic heterocycles. The minimum absolute atomic E-state index is 0.0155. The summed E-state index contributed by atoms with van der Waals surface area (Å²) in [5, 5.41) is 52.2. The molecule has 1 atom stereocenters. The molecule has 6 aromatic rings. The molecule has 16 heteroatoms. The summed E-state index contributed by atoms with van der Waals surface area (Å²) < 4.78 is 14.3. The zero-order valence-corrected chi connectivity index (χ0v) is 35.4. The lowest BCUT2D eigenvalue weighted by atomic mass is 9.86. The average Bonchev–Trinajstić information content (AvgIpc) is 3.99. The Kier molecular flexibility index (Phi) is 9.56. The fourth-order valence-electron chi connectivity index (χ4n) is 9.92. The van der Waals surface area contributed by atoms with Crippen LogP contribution in [-0.4, -0.2) is 85.7 Å². The molecule has 0 unspecified atom stereocenters. The number of ether oxygens (including phenoxy) is 2. The van der Waals surface area contributed by atoms with Gasteiger partial charge in [-0.25, -0.2) is 19.1 Å². The van der Waals surface area contributed by atoms with Gasteiger partial charge in [-0.3, -0.25) is 9.69 Å². The Morgan fingerprint density at radius 3 is 2.44 bits per heavy atom. The molecule has 4 aliphatic rings. The van der Waals surface area contributed by atoms with Crippen LogP contribution in [0, 0.1) is 0 Å². The van der Waals surface area contributed by atoms with Crippen molar-refractivity contribution in [1.29, 1.82) is 0 Å². The lowest BCUT2D eigenvalue weighted by Gasteiger charge is -2.36. The van der Waals surface area contributed by atoms with E-state index in [9.17, 15) is 34.8 Å². The molecule has 1 fully saturated rings. The fourth-order valence-corrected chi connectivity index (χ4v) is 9.92. The summed E-state index contributed by atoms with van der Waals surface area (Å²) in [6.07, 6.45) is 1.79. The Bertz CT molecular complexity index is 2970. The maximum absolute atomic E-state index is 13.7. The maximum Gasteiger partial charge on any atom is 0.415 e. The number of piperidine rings is 1. The summed E-state index contributed by atoms with van der Waals surface area (Å²) in [4.78, 5) is 49.1. The third-order valence-electron chi connectivity index (χ3n) is 13.4. The van der Waals surface area contributed by atoms with Gasteiger partial charge in [-0.05, 0) is 96.3 Å². The van der Waals surface area contributed by atoms with Gasteiger partial charge in [0.1, 0.15) is 23.9 Å². The molecule has 0 spiro atoms. The van der Waals surface area contributed by atoms with E-state index in [1.165, 1.54) is 10.6 Å². The highest BCUT2D eigenvalue weighted by Crippen LogP contribution is 2.42. The second kappa shape index (κ2) is 14.9. The summed E-state index contributed by atoms with van der Waals surface area (Å²) >= 11 is 0. The summed E-state index contributed by atoms with van der Waals surface area (Å²) in [6, 6.07) is 15.9. The van der Waals surface area contributed by atoms with E-state index in [4.69, 9.17) is 14.5 Å². The molecule has 63 heavy (non-hydrogen) atoms. The third kappa shape index (κ3) is 6.41. The molecule has 324 valence electrons. The highest BCUT2D eigenvalue weighted by atomic mass is 16.6. The number of amides is 1. The van der Waals surface area contributed by atoms with Crippen molar-refractivity contribution in [3.63, 3.8) is 0 Å². The lowest BCUT2D eigenvalue weighted by molar-refractivity contribution is -0.172. The van der Waals surface area contributed by atoms with Gasteiger partial charge in [0.2, 0.25) is 0 Å². The van der Waals surface area contributed by atoms with Crippen LogP contribution in [0.2, 0.25) is 0 Å². The van der Waals surface area contributed by atoms with Crippen molar-refractivity contribution >= 4 is 23.0 Å². The molecule has 0 bridgehead atoms. The Hall–Kier alpha value is -6.78. The first kappa shape index (κ1) is 40.3. The molecule has 4 N–H and O–H groups in total. The van der Waals surface area contributed by atoms with Crippen molar-refractivity contribution in [3.8, 4) is 51.7 Å². The van der Waals surface area contributed by atoms with E-state index >= 15 is 0 Å². The molecule has 7 heterocycles. The van der Waals surface area contributed by atoms with Gasteiger partial charge in [0.15, 0.2) is 11.4 Å². The van der Waals surface area contributed by atoms with E-state index in [2.05, 4.69) is 15.1 Å². The van der Waals surface area contributed by atoms with Crippen molar-refractivity contribution < 1.29 is 39.5 Å². The smallest absolute Gasteiger partial charge is 0.415 e. The van der Waals surface area contributed by atoms with Crippen LogP contribution in [-0.2, 0) is 47.8 Å². The molecule has 3 aromatic carbocycles. The number of cyclic esters (lactones) is 1. The van der Waals surface area contributed by atoms with Gasteiger partial charge in [0.25, 0.3) is 5.56 Å². The first-order valence-electron chi connectivity index (χ1n) is 21.4. The molecule has 3 aromatic heterocycles. The van der Waals surface area contributed by atoms with E-state index in [1.807, 2.05) is 51.1 Å². The van der Waals surface area contributed by atoms with Crippen LogP contribution in [0.5, 0.6) is 23.3 Å². The number of carbonyl (C=O) groups is 2. The monoisotopic (exact) mass is 853 g/mol. The van der Waals surface area contributed by atoms with Crippen molar-refractivity contribution in [3.05, 3.63) is 104 Å². The van der Waals surface area contributed by atoms with E-state index in [0.717, 1.165) is 47.0 Å². The number of hydrogen-bond donors (Lipinski definition) is 4. The zero-order valence-electron chi connectivity index (χ0n) is 35.4. The second-order valence-corrected chi connectivity index (χ2v) is 17.2. The van der Waals surface area contributed by atoms with Crippen LogP contribution in [0.3, 0.4) is 0 Å². The predicted molar refractivity (Wildman–Crippen MR) is 230 cm³/mol. The first-order valence-corrected chi connectivity index (χ1v) is 21.4. The topological polar surface area (TPSA) is 206 Å². The number of aryl methyl sites for hydroxylation is 1. The van der Waals surface area contributed by atoms with Gasteiger partial charge in [0.05, 0.1) is 40.3 Å². The molecule has 0 radical (unpaired) electrons. The number of pyridine rings is 2. The van der Waals surface area contributed by atoms with E-state index in [0.29, 0.717) is 65.5 Å². The predicted octanol–water partition coefficient (Wildman–Crippen LogP) is 6.11. The van der Waals surface area contributed by atoms with E-state index in [-0.39, 0.29) is 71.6 Å². The molecule has 16 nitrogen and oxygen atoms in total. The lowest BCUT2D eigenvalue weighted by Crippen LogP contribution is -2.46. The standard InChI is InChI=1S/C47H47N7O9/c1-5-30-32-16-29(9-10-37(32)48-41-34(30)22-53-38(41)18-36-35(43(53)57)23-62-44(58)47(36,61)6-2)63-46(60)51-13-11-27(12-14-51)52-20-25-7-8-28(15-26(25)21-52)54-42(49-50-45(54)59)33-17-31(24(3)4)39(55)19-40(33)56/h7-10,15-19,24,27,55-56,61H,5-6,11-14,20-23H2,1-4H3,(H,50,59)/t47-/m0/s1. The summed E-state index contributed by atoms with van der Waals surface area (Å²) in [5.74, 6) is -0.324. The second-order valence-electron chi connectivity index (χ2n) is 17.2. The van der Waals surface area contributed by atoms with Gasteiger partial charge < -0.3 is 39.4 Å². The number of aromatic hydroxyl groups is 3. The summed E-state index contributed by atoms with van der Waals surface area (Å²) in [5.41, 5.74) is 5.89. The molecule has 10 rings (SSSR count). The summed E-state index contributed by atoms with van der Waals surface area (Å²) in [6.45, 7) is 10.1. The normalized spacial score (nSPS) is 18.4. The van der Waals surface area contributed by atoms with Crippen LogP contribution in [0.1, 0.15) is 91.8 Å². The van der Waals surface area contributed by atoms with Crippen LogP contribution < -0.4 is 10.3 Å². The highest BCUT2D eigenvalue weighted by Gasteiger charge is 2.45. The van der Waals surface area contributed by atoms with Gasteiger partial charge in [-0.1, -0.05) is 38.9 Å². The minimum Gasteiger partial charge on any atom is -0.508 e. The first-order chi connectivity index (χ1) is 30.3. The zero-order chi connectivity index (χ0) is 44.1. The number of aromatic nitrogens is 5. The number of likely N-dealkylation sites (tertiary alicyclic amines) is 1. The van der Waals surface area contributed by atoms with Gasteiger partial charge in [-0.15, -0.1) is 5.10 Å². The number of nitrogens with zero attached hydrogens (tertiary/aromatic N) is 7. The van der Waals surface area contributed by atoms with Gasteiger partial charge >= 0.3 is 18.1 Å². The number of phenolic OH excluding ortho intramolecular Hbond substituents is 2. The Morgan fingerprint density at radius 2 is 1.70 bits per heavy atom. The van der Waals surface area contributed by atoms with E-state index in [1.54, 1.807) is 34.6 Å². The highest BCUT2D eigenvalue weighted by molar-refractivity contribution is 5.90. The summed E-state index contributed by atoms with van der Waals surface area (Å²) in [7, 11) is 0. The SMILES string of the molecule is CCc1c2c(nc3ccc(OC(=O)N4CCC(N5Cc6ccc(-n7c(O)nnc7-c7cc(C(C)C)c(O)cc7O)cc6C5)CC4)cc13)-c1cc3c(c(=O)n1C2)COC(=O)[C@]3(O)CC. The van der Waals surface area contributed by atoms with Gasteiger partial charge in [-0.2, -0.15) is 0 Å². The molecule has 1 amide bonds. The van der Waals surface area contributed by atoms with Crippen molar-refractivity contribution in [2.75, 3.05) is 13.1 Å². The maximum atomic E-state index is 13.7. The number of hydrogen-bond acceptors (Lipinski definition) is 13. The van der Waals surface area contributed by atoms with Gasteiger partial charge in [0, 0.05) is 54.8 Å². The number of fused-ring (bicyclic) bond motifs is 6. The van der Waals surface area contributed by atoms with Crippen LogP contribution >= 0.6 is 0 Å². The number of esters is 1. The number of aliphatic hydroxyl groups is 1. The van der Waals surface area contributed by atoms with Crippen molar-refractivity contribution in [1.82, 2.24) is 34.1 Å². The molecule has 1 saturated heterocycles. The Morgan fingerprint density at radius 1 is 0.921 bits per heavy atom. The number of benzene rings is 3. The third-order valence-corrected chi connectivity index (χ3v) is 13.4. The molecule has 0 saturated carbocycles. The van der Waals surface area contributed by atoms with E-state index < -0.39 is 17.7 Å². The fraction of sp³-hybridized carbons (Fsp3) is 0.362. The van der Waals surface area contributed by atoms with Crippen molar-refractivity contribution in [2.45, 2.75) is 97.2 Å². The largest absolute Gasteiger partial charge is 0.508 e. The molecular weight excluding hydrogens is 807 g/mol. The Labute approximate surface area is 361 Å². The van der Waals surface area contributed by atoms with Crippen LogP contribution in [0.4, 0.5) is 4.79 Å². The average molecular weight is 854 g/mol. The van der Waals surface area contributed by atoms with Crippen LogP contribution in [0.25, 0.3) is 39.4 Å². The number of phenols is 2. The Balaban J connectivity index is 0.820. The van der Waals surface area contributed by atoms with Crippen molar-refractivity contribution in [2.24, 2.45) is 0 Å². The molecular formula is C47H47N7O9.